The zero-order chi connectivity index (χ0) is 9.84. The molecule has 0 saturated heterocycles. The van der Waals surface area contributed by atoms with Gasteiger partial charge < -0.3 is 9.84 Å². The van der Waals surface area contributed by atoms with Crippen molar-refractivity contribution < 1.29 is 19.0 Å². The highest BCUT2D eigenvalue weighted by atomic mass is 19.1. The number of ether oxygens (including phenoxy) is 1. The number of benzene rings is 1. The summed E-state index contributed by atoms with van der Waals surface area (Å²) in [5.74, 6) is -0.881. The fourth-order valence-electron chi connectivity index (χ4n) is 1.10. The highest BCUT2D eigenvalue weighted by Crippen LogP contribution is 2.23. The molecule has 70 valence electrons. The van der Waals surface area contributed by atoms with Gasteiger partial charge in [-0.1, -0.05) is 6.07 Å². The second-order valence-corrected chi connectivity index (χ2v) is 2.43. The first-order chi connectivity index (χ1) is 6.20. The average Bonchev–Trinajstić information content (AvgIpc) is 2.16. The highest BCUT2D eigenvalue weighted by molar-refractivity contribution is 5.90. The number of carboxylic acid groups (broad SMARTS) is 1. The van der Waals surface area contributed by atoms with E-state index in [1.807, 2.05) is 0 Å². The number of carbonyl (C=O) groups is 1. The fourth-order valence-corrected chi connectivity index (χ4v) is 1.10. The molecule has 0 aliphatic heterocycles. The monoisotopic (exact) mass is 184 g/mol. The van der Waals surface area contributed by atoms with E-state index in [4.69, 9.17) is 9.84 Å². The predicted octanol–water partition coefficient (Wildman–Crippen LogP) is 1.86. The summed E-state index contributed by atoms with van der Waals surface area (Å²) in [5, 5.41) is 8.69. The van der Waals surface area contributed by atoms with Crippen molar-refractivity contribution in [2.75, 3.05) is 7.11 Å². The van der Waals surface area contributed by atoms with Crippen LogP contribution < -0.4 is 4.74 Å². The van der Waals surface area contributed by atoms with Crippen LogP contribution in [0.25, 0.3) is 0 Å². The fraction of sp³-hybridized carbons (Fsp3) is 0.222. The Labute approximate surface area is 74.8 Å². The first-order valence-corrected chi connectivity index (χ1v) is 3.65. The summed E-state index contributed by atoms with van der Waals surface area (Å²) < 4.78 is 17.3. The third-order valence-corrected chi connectivity index (χ3v) is 1.72. The quantitative estimate of drug-likeness (QED) is 0.779. The van der Waals surface area contributed by atoms with Gasteiger partial charge in [-0.2, -0.15) is 0 Å². The lowest BCUT2D eigenvalue weighted by atomic mass is 10.1. The van der Waals surface area contributed by atoms with Crippen molar-refractivity contribution in [1.82, 2.24) is 0 Å². The van der Waals surface area contributed by atoms with Crippen LogP contribution in [0.15, 0.2) is 18.2 Å². The topological polar surface area (TPSA) is 46.5 Å². The molecule has 0 unspecified atom stereocenters. The van der Waals surface area contributed by atoms with Crippen molar-refractivity contribution in [1.29, 1.82) is 0 Å². The molecule has 0 atom stereocenters. The molecule has 0 aromatic heterocycles. The van der Waals surface area contributed by atoms with Gasteiger partial charge >= 0.3 is 5.97 Å². The predicted molar refractivity (Wildman–Crippen MR) is 44.8 cm³/mol. The Morgan fingerprint density at radius 3 is 2.77 bits per heavy atom. The summed E-state index contributed by atoms with van der Waals surface area (Å²) in [7, 11) is 1.38. The van der Waals surface area contributed by atoms with Gasteiger partial charge in [-0.05, 0) is 12.1 Å². The molecule has 0 spiro atoms. The maximum atomic E-state index is 12.5. The molecule has 13 heavy (non-hydrogen) atoms. The smallest absolute Gasteiger partial charge is 0.336 e. The number of hydrogen-bond acceptors (Lipinski definition) is 2. The van der Waals surface area contributed by atoms with Gasteiger partial charge in [0.1, 0.15) is 12.4 Å². The van der Waals surface area contributed by atoms with Crippen molar-refractivity contribution in [2.24, 2.45) is 0 Å². The molecule has 1 aromatic carbocycles. The van der Waals surface area contributed by atoms with Crippen LogP contribution in [0.4, 0.5) is 4.39 Å². The molecular formula is C9H9FO3. The molecule has 1 aromatic rings. The van der Waals surface area contributed by atoms with Gasteiger partial charge in [-0.15, -0.1) is 0 Å². The van der Waals surface area contributed by atoms with Gasteiger partial charge in [-0.3, -0.25) is 0 Å². The van der Waals surface area contributed by atoms with Crippen molar-refractivity contribution in [3.05, 3.63) is 29.3 Å². The summed E-state index contributed by atoms with van der Waals surface area (Å²) >= 11 is 0. The summed E-state index contributed by atoms with van der Waals surface area (Å²) in [6, 6.07) is 4.39. The molecule has 3 nitrogen and oxygen atoms in total. The van der Waals surface area contributed by atoms with Crippen molar-refractivity contribution in [2.45, 2.75) is 6.67 Å². The third-order valence-electron chi connectivity index (χ3n) is 1.72. The average molecular weight is 184 g/mol. The maximum absolute atomic E-state index is 12.5. The number of aromatic carboxylic acids is 1. The van der Waals surface area contributed by atoms with E-state index in [0.29, 0.717) is 0 Å². The number of rotatable bonds is 3. The van der Waals surface area contributed by atoms with Gasteiger partial charge in [0.2, 0.25) is 0 Å². The second kappa shape index (κ2) is 3.89. The standard InChI is InChI=1S/C9H9FO3/c1-13-8-4-2-3-6(9(11)12)7(8)5-10/h2-4H,5H2,1H3,(H,11,12). The number of alkyl halides is 1. The zero-order valence-electron chi connectivity index (χ0n) is 7.08. The lowest BCUT2D eigenvalue weighted by Gasteiger charge is -2.07. The number of halogens is 1. The highest BCUT2D eigenvalue weighted by Gasteiger charge is 2.13. The molecule has 0 saturated carbocycles. The summed E-state index contributed by atoms with van der Waals surface area (Å²) in [5.41, 5.74) is 0.0272. The minimum absolute atomic E-state index is 0.0538. The van der Waals surface area contributed by atoms with Gasteiger partial charge in [0, 0.05) is 5.56 Å². The van der Waals surface area contributed by atoms with E-state index in [1.54, 1.807) is 0 Å². The van der Waals surface area contributed by atoms with E-state index < -0.39 is 12.6 Å². The third kappa shape index (κ3) is 1.77. The Hall–Kier alpha value is -1.58. The van der Waals surface area contributed by atoms with Crippen LogP contribution in [0.1, 0.15) is 15.9 Å². The second-order valence-electron chi connectivity index (χ2n) is 2.43. The Morgan fingerprint density at radius 2 is 2.31 bits per heavy atom. The summed E-state index contributed by atoms with van der Waals surface area (Å²) in [6.07, 6.45) is 0. The van der Waals surface area contributed by atoms with E-state index in [1.165, 1.54) is 25.3 Å². The van der Waals surface area contributed by atoms with Crippen LogP contribution in [0.2, 0.25) is 0 Å². The van der Waals surface area contributed by atoms with Crippen LogP contribution in [0.5, 0.6) is 5.75 Å². The lowest BCUT2D eigenvalue weighted by molar-refractivity contribution is 0.0694. The first-order valence-electron chi connectivity index (χ1n) is 3.65. The van der Waals surface area contributed by atoms with Crippen LogP contribution in [-0.4, -0.2) is 18.2 Å². The normalized spacial score (nSPS) is 9.69. The SMILES string of the molecule is COc1cccc(C(=O)O)c1CF. The number of carboxylic acids is 1. The molecule has 0 bridgehead atoms. The first kappa shape index (κ1) is 9.51. The lowest BCUT2D eigenvalue weighted by Crippen LogP contribution is -2.03. The minimum Gasteiger partial charge on any atom is -0.496 e. The van der Waals surface area contributed by atoms with Crippen molar-refractivity contribution >= 4 is 5.97 Å². The maximum Gasteiger partial charge on any atom is 0.336 e. The molecule has 4 heteroatoms. The summed E-state index contributed by atoms with van der Waals surface area (Å²) in [4.78, 5) is 10.6. The van der Waals surface area contributed by atoms with Crippen LogP contribution >= 0.6 is 0 Å². The molecule has 0 aliphatic carbocycles. The number of hydrogen-bond donors (Lipinski definition) is 1. The van der Waals surface area contributed by atoms with Gasteiger partial charge in [-0.25, -0.2) is 9.18 Å². The Kier molecular flexibility index (Phi) is 2.84. The molecule has 0 amide bonds. The van der Waals surface area contributed by atoms with Crippen molar-refractivity contribution in [3.63, 3.8) is 0 Å². The van der Waals surface area contributed by atoms with E-state index in [9.17, 15) is 9.18 Å². The largest absolute Gasteiger partial charge is 0.496 e. The van der Waals surface area contributed by atoms with Crippen molar-refractivity contribution in [3.8, 4) is 5.75 Å². The molecule has 0 heterocycles. The van der Waals surface area contributed by atoms with Crippen LogP contribution in [0.3, 0.4) is 0 Å². The Balaban J connectivity index is 3.27. The zero-order valence-corrected chi connectivity index (χ0v) is 7.08. The minimum atomic E-state index is -1.15. The molecular weight excluding hydrogens is 175 g/mol. The van der Waals surface area contributed by atoms with E-state index in [-0.39, 0.29) is 16.9 Å². The number of methoxy groups -OCH3 is 1. The van der Waals surface area contributed by atoms with E-state index in [0.717, 1.165) is 0 Å². The molecule has 1 N–H and O–H groups in total. The van der Waals surface area contributed by atoms with E-state index >= 15 is 0 Å². The Morgan fingerprint density at radius 1 is 1.62 bits per heavy atom. The molecule has 0 radical (unpaired) electrons. The Bertz CT molecular complexity index is 323. The summed E-state index contributed by atoms with van der Waals surface area (Å²) in [6.45, 7) is -0.842. The molecule has 0 aliphatic rings. The molecule has 0 fully saturated rings. The van der Waals surface area contributed by atoms with Crippen LogP contribution in [0, 0.1) is 0 Å². The van der Waals surface area contributed by atoms with Gasteiger partial charge in [0.15, 0.2) is 0 Å². The van der Waals surface area contributed by atoms with E-state index in [2.05, 4.69) is 0 Å². The molecule has 1 rings (SSSR count). The van der Waals surface area contributed by atoms with Crippen LogP contribution in [-0.2, 0) is 6.67 Å². The van der Waals surface area contributed by atoms with Gasteiger partial charge in [0.25, 0.3) is 0 Å². The van der Waals surface area contributed by atoms with Gasteiger partial charge in [0.05, 0.1) is 12.7 Å².